The molecule has 5 nitrogen and oxygen atoms in total. The van der Waals surface area contributed by atoms with Gasteiger partial charge in [-0.05, 0) is 48.5 Å². The topological polar surface area (TPSA) is 83.1 Å². The molecule has 0 saturated carbocycles. The molecule has 0 radical (unpaired) electrons. The first kappa shape index (κ1) is 13.1. The van der Waals surface area contributed by atoms with Crippen LogP contribution in [-0.4, -0.2) is 5.97 Å². The van der Waals surface area contributed by atoms with Crippen LogP contribution in [0.15, 0.2) is 48.5 Å². The van der Waals surface area contributed by atoms with Crippen molar-refractivity contribution in [2.75, 3.05) is 0 Å². The molecule has 0 aromatic heterocycles. The van der Waals surface area contributed by atoms with E-state index in [4.69, 9.17) is 15.3 Å². The van der Waals surface area contributed by atoms with Crippen LogP contribution in [0.3, 0.4) is 0 Å². The van der Waals surface area contributed by atoms with Crippen LogP contribution in [-0.2, 0) is 0 Å². The first-order chi connectivity index (χ1) is 9.72. The molecule has 0 bridgehead atoms. The molecule has 2 rings (SSSR count). The van der Waals surface area contributed by atoms with Gasteiger partial charge in [0.2, 0.25) is 0 Å². The van der Waals surface area contributed by atoms with Gasteiger partial charge in [0.05, 0.1) is 17.2 Å². The van der Waals surface area contributed by atoms with Crippen molar-refractivity contribution >= 4 is 5.97 Å². The quantitative estimate of drug-likeness (QED) is 0.483. The molecule has 5 heteroatoms. The van der Waals surface area contributed by atoms with Crippen molar-refractivity contribution in [1.29, 1.82) is 10.5 Å². The predicted octanol–water partition coefficient (Wildman–Crippen LogP) is 2.64. The summed E-state index contributed by atoms with van der Waals surface area (Å²) in [5.74, 6) is 0.179. The van der Waals surface area contributed by atoms with Crippen LogP contribution < -0.4 is 9.47 Å². The van der Waals surface area contributed by atoms with Gasteiger partial charge in [-0.1, -0.05) is 0 Å². The van der Waals surface area contributed by atoms with Crippen LogP contribution in [0.2, 0.25) is 0 Å². The van der Waals surface area contributed by atoms with Gasteiger partial charge in [-0.2, -0.15) is 5.26 Å². The van der Waals surface area contributed by atoms with Gasteiger partial charge in [0, 0.05) is 0 Å². The van der Waals surface area contributed by atoms with E-state index in [0.29, 0.717) is 22.6 Å². The van der Waals surface area contributed by atoms with Crippen molar-refractivity contribution in [1.82, 2.24) is 0 Å². The summed E-state index contributed by atoms with van der Waals surface area (Å²) in [6.07, 6.45) is 1.55. The van der Waals surface area contributed by atoms with Crippen LogP contribution in [0.5, 0.6) is 11.5 Å². The molecule has 0 fully saturated rings. The average Bonchev–Trinajstić information content (AvgIpc) is 2.49. The van der Waals surface area contributed by atoms with Crippen molar-refractivity contribution in [2.24, 2.45) is 0 Å². The number of ether oxygens (including phenoxy) is 2. The Hall–Kier alpha value is -3.31. The lowest BCUT2D eigenvalue weighted by Crippen LogP contribution is -2.08. The number of esters is 1. The zero-order valence-corrected chi connectivity index (χ0v) is 10.2. The number of carbonyl (C=O) groups is 1. The van der Waals surface area contributed by atoms with E-state index >= 15 is 0 Å². The zero-order valence-electron chi connectivity index (χ0n) is 10.2. The smallest absolute Gasteiger partial charge is 0.343 e. The Bertz CT molecular complexity index is 692. The number of rotatable bonds is 3. The average molecular weight is 264 g/mol. The molecule has 96 valence electrons. The molecule has 20 heavy (non-hydrogen) atoms. The van der Waals surface area contributed by atoms with Gasteiger partial charge in [-0.15, -0.1) is 5.26 Å². The highest BCUT2D eigenvalue weighted by atomic mass is 16.5. The molecule has 0 heterocycles. The summed E-state index contributed by atoms with van der Waals surface area (Å²) < 4.78 is 9.76. The Morgan fingerprint density at radius 2 is 1.50 bits per heavy atom. The Kier molecular flexibility index (Phi) is 3.96. The normalized spacial score (nSPS) is 9.10. The highest BCUT2D eigenvalue weighted by molar-refractivity contribution is 5.91. The molecule has 0 aliphatic rings. The van der Waals surface area contributed by atoms with Crippen LogP contribution >= 0.6 is 0 Å². The Morgan fingerprint density at radius 3 is 2.05 bits per heavy atom. The monoisotopic (exact) mass is 264 g/mol. The van der Waals surface area contributed by atoms with Gasteiger partial charge in [0.1, 0.15) is 11.5 Å². The minimum atomic E-state index is -0.525. The third-order valence-electron chi connectivity index (χ3n) is 2.45. The molecule has 0 N–H and O–H groups in total. The molecular formula is C15H8N2O3. The van der Waals surface area contributed by atoms with E-state index in [9.17, 15) is 4.79 Å². The Balaban J connectivity index is 2.07. The number of nitriles is 2. The molecule has 2 aromatic carbocycles. The number of carbonyl (C=O) groups excluding carboxylic acids is 1. The van der Waals surface area contributed by atoms with Crippen molar-refractivity contribution in [3.63, 3.8) is 0 Å². The lowest BCUT2D eigenvalue weighted by Gasteiger charge is -2.04. The van der Waals surface area contributed by atoms with Crippen molar-refractivity contribution in [3.05, 3.63) is 59.7 Å². The van der Waals surface area contributed by atoms with Gasteiger partial charge >= 0.3 is 5.97 Å². The molecule has 0 aliphatic heterocycles. The number of benzene rings is 2. The number of nitrogens with zero attached hydrogens (tertiary/aromatic N) is 2. The van der Waals surface area contributed by atoms with E-state index in [1.807, 2.05) is 6.07 Å². The molecule has 0 atom stereocenters. The Morgan fingerprint density at radius 1 is 0.900 bits per heavy atom. The molecule has 0 saturated heterocycles. The van der Waals surface area contributed by atoms with E-state index in [0.717, 1.165) is 0 Å². The van der Waals surface area contributed by atoms with Gasteiger partial charge < -0.3 is 9.47 Å². The largest absolute Gasteiger partial charge is 0.423 e. The van der Waals surface area contributed by atoms with Crippen LogP contribution in [0.4, 0.5) is 0 Å². The van der Waals surface area contributed by atoms with Crippen molar-refractivity contribution in [3.8, 4) is 23.8 Å². The van der Waals surface area contributed by atoms with E-state index in [1.54, 1.807) is 18.4 Å². The lowest BCUT2D eigenvalue weighted by atomic mass is 10.1. The van der Waals surface area contributed by atoms with Gasteiger partial charge in [-0.3, -0.25) is 0 Å². The van der Waals surface area contributed by atoms with Gasteiger partial charge in [0.25, 0.3) is 6.26 Å². The van der Waals surface area contributed by atoms with Crippen molar-refractivity contribution < 1.29 is 14.3 Å². The fraction of sp³-hybridized carbons (Fsp3) is 0. The van der Waals surface area contributed by atoms with E-state index in [-0.39, 0.29) is 0 Å². The fourth-order valence-electron chi connectivity index (χ4n) is 1.48. The molecular weight excluding hydrogens is 256 g/mol. The summed E-state index contributed by atoms with van der Waals surface area (Å²) in [7, 11) is 0. The third kappa shape index (κ3) is 3.12. The summed E-state index contributed by atoms with van der Waals surface area (Å²) >= 11 is 0. The highest BCUT2D eigenvalue weighted by Gasteiger charge is 2.08. The second kappa shape index (κ2) is 6.03. The van der Waals surface area contributed by atoms with E-state index in [1.165, 1.54) is 36.4 Å². The van der Waals surface area contributed by atoms with E-state index < -0.39 is 5.97 Å². The minimum Gasteiger partial charge on any atom is -0.423 e. The van der Waals surface area contributed by atoms with E-state index in [2.05, 4.69) is 4.74 Å². The first-order valence-corrected chi connectivity index (χ1v) is 5.61. The second-order valence-electron chi connectivity index (χ2n) is 3.74. The van der Waals surface area contributed by atoms with Gasteiger partial charge in [0.15, 0.2) is 0 Å². The summed E-state index contributed by atoms with van der Waals surface area (Å²) in [6, 6.07) is 14.2. The van der Waals surface area contributed by atoms with Crippen LogP contribution in [0, 0.1) is 22.8 Å². The van der Waals surface area contributed by atoms with Crippen LogP contribution in [0.25, 0.3) is 0 Å². The number of hydrogen-bond donors (Lipinski definition) is 0. The van der Waals surface area contributed by atoms with Crippen molar-refractivity contribution in [2.45, 2.75) is 0 Å². The maximum Gasteiger partial charge on any atom is 0.343 e. The maximum atomic E-state index is 11.8. The predicted molar refractivity (Wildman–Crippen MR) is 68.8 cm³/mol. The Labute approximate surface area is 115 Å². The molecule has 0 amide bonds. The molecule has 0 aliphatic carbocycles. The SMILES string of the molecule is N#COc1ccc(OC(=O)c2ccc(C#N)cc2)cc1. The summed E-state index contributed by atoms with van der Waals surface area (Å²) in [4.78, 5) is 11.8. The fourth-order valence-corrected chi connectivity index (χ4v) is 1.48. The standard InChI is InChI=1S/C15H8N2O3/c16-9-11-1-3-12(4-2-11)15(18)20-14-7-5-13(6-8-14)19-10-17/h1-8H. The zero-order chi connectivity index (χ0) is 14.4. The second-order valence-corrected chi connectivity index (χ2v) is 3.74. The third-order valence-corrected chi connectivity index (χ3v) is 2.45. The maximum absolute atomic E-state index is 11.8. The van der Waals surface area contributed by atoms with Crippen LogP contribution in [0.1, 0.15) is 15.9 Å². The summed E-state index contributed by atoms with van der Waals surface area (Å²) in [6.45, 7) is 0. The first-order valence-electron chi connectivity index (χ1n) is 5.61. The minimum absolute atomic E-state index is 0.338. The number of hydrogen-bond acceptors (Lipinski definition) is 5. The lowest BCUT2D eigenvalue weighted by molar-refractivity contribution is 0.0734. The highest BCUT2D eigenvalue weighted by Crippen LogP contribution is 2.18. The molecule has 0 spiro atoms. The molecule has 2 aromatic rings. The van der Waals surface area contributed by atoms with Gasteiger partial charge in [-0.25, -0.2) is 4.79 Å². The summed E-state index contributed by atoms with van der Waals surface area (Å²) in [5, 5.41) is 17.0. The molecule has 0 unspecified atom stereocenters. The summed E-state index contributed by atoms with van der Waals surface area (Å²) in [5.41, 5.74) is 0.820.